The Kier molecular flexibility index (Phi) is 4.31. The number of carbonyl (C=O) groups is 1. The molecule has 0 aliphatic carbocycles. The smallest absolute Gasteiger partial charge is 0.254 e. The highest BCUT2D eigenvalue weighted by atomic mass is 35.5. The van der Waals surface area contributed by atoms with Crippen molar-refractivity contribution in [3.8, 4) is 0 Å². The lowest BCUT2D eigenvalue weighted by Crippen LogP contribution is -2.50. The Morgan fingerprint density at radius 2 is 2.05 bits per heavy atom. The van der Waals surface area contributed by atoms with E-state index in [1.54, 1.807) is 6.07 Å². The van der Waals surface area contributed by atoms with Crippen molar-refractivity contribution in [1.29, 1.82) is 0 Å². The molecule has 0 aromatic carbocycles. The second kappa shape index (κ2) is 5.58. The maximum atomic E-state index is 12.7. The average Bonchev–Trinajstić information content (AvgIpc) is 2.35. The van der Waals surface area contributed by atoms with Gasteiger partial charge < -0.3 is 9.64 Å². The van der Waals surface area contributed by atoms with Gasteiger partial charge in [-0.25, -0.2) is 4.98 Å². The van der Waals surface area contributed by atoms with Crippen LogP contribution < -0.4 is 0 Å². The lowest BCUT2D eigenvalue weighted by atomic mass is 9.90. The molecule has 116 valence electrons. The number of carbonyl (C=O) groups excluding carboxylic acids is 1. The zero-order valence-electron chi connectivity index (χ0n) is 13.4. The molecule has 1 aliphatic heterocycles. The number of hydrogen-bond donors (Lipinski definition) is 0. The van der Waals surface area contributed by atoms with Crippen molar-refractivity contribution in [2.24, 2.45) is 0 Å². The summed E-state index contributed by atoms with van der Waals surface area (Å²) in [6.45, 7) is 11.9. The second-order valence-electron chi connectivity index (χ2n) is 7.15. The van der Waals surface area contributed by atoms with E-state index in [0.717, 1.165) is 5.69 Å². The van der Waals surface area contributed by atoms with Gasteiger partial charge in [-0.2, -0.15) is 0 Å². The predicted octanol–water partition coefficient (Wildman–Crippen LogP) is 3.28. The molecule has 0 spiro atoms. The number of hydrogen-bond acceptors (Lipinski definition) is 3. The van der Waals surface area contributed by atoms with E-state index < -0.39 is 0 Å². The Balaban J connectivity index is 2.29. The molecule has 0 saturated carbocycles. The molecule has 0 bridgehead atoms. The largest absolute Gasteiger partial charge is 0.372 e. The van der Waals surface area contributed by atoms with Gasteiger partial charge in [0.25, 0.3) is 5.91 Å². The molecular formula is C16H23ClN2O2. The standard InChI is InChI=1S/C16H23ClN2O2/c1-15(2,3)12-8-11(9-13(17)18-12)14(20)19-6-7-21-16(4,5)10-19/h8-9H,6-7,10H2,1-5H3. The summed E-state index contributed by atoms with van der Waals surface area (Å²) in [5, 5.41) is 0.360. The van der Waals surface area contributed by atoms with Gasteiger partial charge in [-0.1, -0.05) is 32.4 Å². The van der Waals surface area contributed by atoms with Crippen LogP contribution in [0.1, 0.15) is 50.7 Å². The highest BCUT2D eigenvalue weighted by Crippen LogP contribution is 2.25. The van der Waals surface area contributed by atoms with Crippen LogP contribution in [0.2, 0.25) is 5.15 Å². The summed E-state index contributed by atoms with van der Waals surface area (Å²) < 4.78 is 5.65. The molecule has 5 heteroatoms. The van der Waals surface area contributed by atoms with Crippen LogP contribution in [0.15, 0.2) is 12.1 Å². The fourth-order valence-electron chi connectivity index (χ4n) is 2.38. The van der Waals surface area contributed by atoms with Crippen molar-refractivity contribution >= 4 is 17.5 Å². The number of rotatable bonds is 1. The van der Waals surface area contributed by atoms with E-state index in [1.807, 2.05) is 24.8 Å². The van der Waals surface area contributed by atoms with Gasteiger partial charge in [0.2, 0.25) is 0 Å². The quantitative estimate of drug-likeness (QED) is 0.748. The van der Waals surface area contributed by atoms with Gasteiger partial charge in [0, 0.05) is 29.8 Å². The van der Waals surface area contributed by atoms with Gasteiger partial charge in [0.1, 0.15) is 5.15 Å². The summed E-state index contributed by atoms with van der Waals surface area (Å²) in [6, 6.07) is 3.48. The van der Waals surface area contributed by atoms with Gasteiger partial charge in [-0.05, 0) is 26.0 Å². The minimum atomic E-state index is -0.308. The molecular weight excluding hydrogens is 288 g/mol. The normalized spacial score (nSPS) is 18.7. The van der Waals surface area contributed by atoms with Gasteiger partial charge in [0.15, 0.2) is 0 Å². The molecule has 4 nitrogen and oxygen atoms in total. The molecule has 21 heavy (non-hydrogen) atoms. The van der Waals surface area contributed by atoms with Crippen molar-refractivity contribution in [2.75, 3.05) is 19.7 Å². The van der Waals surface area contributed by atoms with E-state index in [0.29, 0.717) is 30.4 Å². The Bertz CT molecular complexity index is 550. The molecule has 2 heterocycles. The van der Waals surface area contributed by atoms with Crippen LogP contribution in [0.3, 0.4) is 0 Å². The summed E-state index contributed by atoms with van der Waals surface area (Å²) in [4.78, 5) is 18.9. The summed E-state index contributed by atoms with van der Waals surface area (Å²) >= 11 is 6.09. The van der Waals surface area contributed by atoms with Crippen LogP contribution in [0.5, 0.6) is 0 Å². The predicted molar refractivity (Wildman–Crippen MR) is 83.9 cm³/mol. The number of halogens is 1. The Labute approximate surface area is 131 Å². The molecule has 0 radical (unpaired) electrons. The minimum Gasteiger partial charge on any atom is -0.372 e. The first-order valence-electron chi connectivity index (χ1n) is 7.20. The maximum absolute atomic E-state index is 12.7. The molecule has 1 saturated heterocycles. The lowest BCUT2D eigenvalue weighted by Gasteiger charge is -2.38. The Hall–Kier alpha value is -1.13. The van der Waals surface area contributed by atoms with Crippen LogP contribution in [0.4, 0.5) is 0 Å². The van der Waals surface area contributed by atoms with E-state index in [9.17, 15) is 4.79 Å². The second-order valence-corrected chi connectivity index (χ2v) is 7.54. The average molecular weight is 311 g/mol. The molecule has 1 fully saturated rings. The van der Waals surface area contributed by atoms with Crippen molar-refractivity contribution in [2.45, 2.75) is 45.6 Å². The van der Waals surface area contributed by atoms with Crippen LogP contribution in [-0.2, 0) is 10.2 Å². The van der Waals surface area contributed by atoms with Gasteiger partial charge in [0.05, 0.1) is 12.2 Å². The van der Waals surface area contributed by atoms with Crippen molar-refractivity contribution in [1.82, 2.24) is 9.88 Å². The summed E-state index contributed by atoms with van der Waals surface area (Å²) in [7, 11) is 0. The Morgan fingerprint density at radius 3 is 2.62 bits per heavy atom. The van der Waals surface area contributed by atoms with E-state index in [2.05, 4.69) is 25.8 Å². The highest BCUT2D eigenvalue weighted by molar-refractivity contribution is 6.29. The number of aromatic nitrogens is 1. The first-order chi connectivity index (χ1) is 9.58. The molecule has 1 aliphatic rings. The van der Waals surface area contributed by atoms with Gasteiger partial charge >= 0.3 is 0 Å². The molecule has 0 atom stereocenters. The lowest BCUT2D eigenvalue weighted by molar-refractivity contribution is -0.0764. The number of nitrogens with zero attached hydrogens (tertiary/aromatic N) is 2. The number of morpholine rings is 1. The molecule has 0 unspecified atom stereocenters. The third kappa shape index (κ3) is 3.95. The van der Waals surface area contributed by atoms with E-state index in [4.69, 9.17) is 16.3 Å². The monoisotopic (exact) mass is 310 g/mol. The van der Waals surface area contributed by atoms with E-state index in [1.165, 1.54) is 0 Å². The first kappa shape index (κ1) is 16.2. The van der Waals surface area contributed by atoms with Crippen molar-refractivity contribution in [3.05, 3.63) is 28.5 Å². The van der Waals surface area contributed by atoms with Gasteiger partial charge in [-0.3, -0.25) is 4.79 Å². The molecule has 2 rings (SSSR count). The van der Waals surface area contributed by atoms with E-state index in [-0.39, 0.29) is 16.9 Å². The van der Waals surface area contributed by atoms with E-state index >= 15 is 0 Å². The zero-order chi connectivity index (χ0) is 15.8. The molecule has 0 N–H and O–H groups in total. The Morgan fingerprint density at radius 1 is 1.38 bits per heavy atom. The summed E-state index contributed by atoms with van der Waals surface area (Å²) in [5.74, 6) is -0.0128. The zero-order valence-corrected chi connectivity index (χ0v) is 14.1. The summed E-state index contributed by atoms with van der Waals surface area (Å²) in [5.41, 5.74) is 0.963. The highest BCUT2D eigenvalue weighted by Gasteiger charge is 2.31. The summed E-state index contributed by atoms with van der Waals surface area (Å²) in [6.07, 6.45) is 0. The van der Waals surface area contributed by atoms with Gasteiger partial charge in [-0.15, -0.1) is 0 Å². The third-order valence-corrected chi connectivity index (χ3v) is 3.72. The van der Waals surface area contributed by atoms with Crippen LogP contribution in [-0.4, -0.2) is 41.1 Å². The number of pyridine rings is 1. The third-order valence-electron chi connectivity index (χ3n) is 3.52. The fraction of sp³-hybridized carbons (Fsp3) is 0.625. The number of amides is 1. The topological polar surface area (TPSA) is 42.4 Å². The van der Waals surface area contributed by atoms with Crippen molar-refractivity contribution < 1.29 is 9.53 Å². The maximum Gasteiger partial charge on any atom is 0.254 e. The van der Waals surface area contributed by atoms with Crippen LogP contribution in [0, 0.1) is 0 Å². The first-order valence-corrected chi connectivity index (χ1v) is 7.58. The number of ether oxygens (including phenoxy) is 1. The molecule has 1 aromatic rings. The minimum absolute atomic E-state index is 0.0128. The van der Waals surface area contributed by atoms with Crippen LogP contribution in [0.25, 0.3) is 0 Å². The van der Waals surface area contributed by atoms with Crippen molar-refractivity contribution in [3.63, 3.8) is 0 Å². The molecule has 1 aromatic heterocycles. The fourth-order valence-corrected chi connectivity index (χ4v) is 2.59. The van der Waals surface area contributed by atoms with Crippen LogP contribution >= 0.6 is 11.6 Å². The molecule has 1 amide bonds. The SMILES string of the molecule is CC1(C)CN(C(=O)c2cc(Cl)nc(C(C)(C)C)c2)CCO1.